The summed E-state index contributed by atoms with van der Waals surface area (Å²) in [5.41, 5.74) is 0. The summed E-state index contributed by atoms with van der Waals surface area (Å²) >= 11 is 0. The number of carbonyl (C=O) groups is 1. The minimum absolute atomic E-state index is 0.0877. The Hall–Kier alpha value is -0.780. The Balaban J connectivity index is 1.90. The molecule has 2 rings (SSSR count). The molecule has 0 N–H and O–H groups in total. The lowest BCUT2D eigenvalue weighted by atomic mass is 9.88. The fraction of sp³-hybridized carbons (Fsp3) is 0.923. The van der Waals surface area contributed by atoms with Crippen LogP contribution in [0.5, 0.6) is 0 Å². The molecule has 2 atom stereocenters. The van der Waals surface area contributed by atoms with E-state index in [1.165, 1.54) is 0 Å². The molecule has 1 amide bonds. The van der Waals surface area contributed by atoms with Crippen molar-refractivity contribution >= 4 is 5.91 Å². The van der Waals surface area contributed by atoms with Crippen LogP contribution in [0.3, 0.4) is 0 Å². The first-order valence-corrected chi connectivity index (χ1v) is 6.91. The van der Waals surface area contributed by atoms with Gasteiger partial charge >= 0.3 is 6.18 Å². The number of alkyl halides is 3. The molecule has 2 fully saturated rings. The van der Waals surface area contributed by atoms with Gasteiger partial charge in [-0.1, -0.05) is 0 Å². The van der Waals surface area contributed by atoms with Crippen LogP contribution in [0, 0.1) is 5.92 Å². The first kappa shape index (κ1) is 14.6. The molecule has 2 saturated heterocycles. The molecule has 0 spiro atoms. The molecule has 0 radical (unpaired) electrons. The van der Waals surface area contributed by atoms with Crippen molar-refractivity contribution in [2.75, 3.05) is 26.7 Å². The minimum Gasteiger partial charge on any atom is -0.342 e. The van der Waals surface area contributed by atoms with Crippen molar-refractivity contribution in [1.29, 1.82) is 0 Å². The van der Waals surface area contributed by atoms with Gasteiger partial charge in [-0.3, -0.25) is 4.79 Å². The number of piperidine rings is 1. The number of amides is 1. The van der Waals surface area contributed by atoms with Gasteiger partial charge < -0.3 is 9.80 Å². The summed E-state index contributed by atoms with van der Waals surface area (Å²) < 4.78 is 36.7. The molecule has 0 aliphatic carbocycles. The topological polar surface area (TPSA) is 23.6 Å². The predicted octanol–water partition coefficient (Wildman–Crippen LogP) is 2.27. The Kier molecular flexibility index (Phi) is 4.38. The Morgan fingerprint density at radius 2 is 2.05 bits per heavy atom. The van der Waals surface area contributed by atoms with Gasteiger partial charge in [-0.2, -0.15) is 13.2 Å². The Morgan fingerprint density at radius 3 is 2.74 bits per heavy atom. The number of hydrogen-bond donors (Lipinski definition) is 0. The van der Waals surface area contributed by atoms with Crippen LogP contribution in [-0.4, -0.2) is 54.6 Å². The average molecular weight is 278 g/mol. The van der Waals surface area contributed by atoms with Gasteiger partial charge in [-0.05, 0) is 25.2 Å². The second-order valence-corrected chi connectivity index (χ2v) is 5.68. The van der Waals surface area contributed by atoms with Gasteiger partial charge in [0.1, 0.15) is 0 Å². The summed E-state index contributed by atoms with van der Waals surface area (Å²) in [4.78, 5) is 15.5. The summed E-state index contributed by atoms with van der Waals surface area (Å²) in [7, 11) is 1.83. The summed E-state index contributed by atoms with van der Waals surface area (Å²) in [6.07, 6.45) is -1.64. The highest BCUT2D eigenvalue weighted by atomic mass is 19.4. The number of hydrogen-bond acceptors (Lipinski definition) is 2. The monoisotopic (exact) mass is 278 g/mol. The molecule has 0 aromatic rings. The lowest BCUT2D eigenvalue weighted by Crippen LogP contribution is -2.50. The van der Waals surface area contributed by atoms with Crippen LogP contribution in [-0.2, 0) is 4.79 Å². The maximum Gasteiger partial charge on any atom is 0.390 e. The standard InChI is InChI=1S/C13H21F3N2O/c1-17-11-5-7-18(8-6-13(14,15)16)9-10(11)3-2-4-12(17)19/h10-11H,2-9H2,1H3/t10-,11+/m0/s1. The SMILES string of the molecule is CN1C(=O)CCC[C@H]2CN(CCC(F)(F)F)CC[C@H]21. The molecule has 0 aromatic carbocycles. The lowest BCUT2D eigenvalue weighted by molar-refractivity contribution is -0.139. The average Bonchev–Trinajstić information content (AvgIpc) is 2.47. The molecule has 110 valence electrons. The van der Waals surface area contributed by atoms with Crippen LogP contribution in [0.25, 0.3) is 0 Å². The van der Waals surface area contributed by atoms with Gasteiger partial charge in [0.25, 0.3) is 0 Å². The molecule has 0 unspecified atom stereocenters. The van der Waals surface area contributed by atoms with Gasteiger partial charge in [-0.25, -0.2) is 0 Å². The third kappa shape index (κ3) is 3.84. The van der Waals surface area contributed by atoms with E-state index in [1.54, 1.807) is 0 Å². The van der Waals surface area contributed by atoms with Crippen LogP contribution < -0.4 is 0 Å². The Bertz CT molecular complexity index is 332. The third-order valence-electron chi connectivity index (χ3n) is 4.35. The summed E-state index contributed by atoms with van der Waals surface area (Å²) in [5.74, 6) is 0.509. The molecule has 2 aliphatic heterocycles. The molecule has 0 aromatic heterocycles. The molecular weight excluding hydrogens is 257 g/mol. The number of fused-ring (bicyclic) bond motifs is 1. The van der Waals surface area contributed by atoms with Gasteiger partial charge in [0.05, 0.1) is 6.42 Å². The Morgan fingerprint density at radius 1 is 1.32 bits per heavy atom. The van der Waals surface area contributed by atoms with Crippen molar-refractivity contribution in [1.82, 2.24) is 9.80 Å². The zero-order chi connectivity index (χ0) is 14.0. The van der Waals surface area contributed by atoms with E-state index in [2.05, 4.69) is 0 Å². The number of rotatable bonds is 2. The molecule has 3 nitrogen and oxygen atoms in total. The van der Waals surface area contributed by atoms with Crippen LogP contribution in [0.1, 0.15) is 32.1 Å². The van der Waals surface area contributed by atoms with Crippen molar-refractivity contribution in [3.8, 4) is 0 Å². The molecule has 6 heteroatoms. The Labute approximate surface area is 111 Å². The normalized spacial score (nSPS) is 30.1. The molecule has 2 aliphatic rings. The highest BCUT2D eigenvalue weighted by Gasteiger charge is 2.36. The summed E-state index contributed by atoms with van der Waals surface area (Å²) in [6.45, 7) is 1.44. The molecule has 2 heterocycles. The van der Waals surface area contributed by atoms with E-state index in [4.69, 9.17) is 0 Å². The second-order valence-electron chi connectivity index (χ2n) is 5.68. The van der Waals surface area contributed by atoms with Crippen molar-refractivity contribution in [3.63, 3.8) is 0 Å². The first-order chi connectivity index (χ1) is 8.87. The van der Waals surface area contributed by atoms with Gasteiger partial charge in [0.2, 0.25) is 5.91 Å². The smallest absolute Gasteiger partial charge is 0.342 e. The van der Waals surface area contributed by atoms with E-state index in [1.807, 2.05) is 16.8 Å². The summed E-state index contributed by atoms with van der Waals surface area (Å²) in [6, 6.07) is 0.220. The number of carbonyl (C=O) groups excluding carboxylic acids is 1. The van der Waals surface area contributed by atoms with E-state index < -0.39 is 12.6 Å². The fourth-order valence-electron chi connectivity index (χ4n) is 3.25. The lowest BCUT2D eigenvalue weighted by Gasteiger charge is -2.41. The van der Waals surface area contributed by atoms with Crippen LogP contribution >= 0.6 is 0 Å². The van der Waals surface area contributed by atoms with Crippen molar-refractivity contribution < 1.29 is 18.0 Å². The van der Waals surface area contributed by atoms with E-state index in [-0.39, 0.29) is 18.5 Å². The molecule has 19 heavy (non-hydrogen) atoms. The highest BCUT2D eigenvalue weighted by Crippen LogP contribution is 2.30. The summed E-state index contributed by atoms with van der Waals surface area (Å²) in [5, 5.41) is 0. The molecule has 0 bridgehead atoms. The fourth-order valence-corrected chi connectivity index (χ4v) is 3.25. The largest absolute Gasteiger partial charge is 0.390 e. The van der Waals surface area contributed by atoms with E-state index in [0.717, 1.165) is 19.3 Å². The quantitative estimate of drug-likeness (QED) is 0.773. The third-order valence-corrected chi connectivity index (χ3v) is 4.35. The minimum atomic E-state index is -4.08. The highest BCUT2D eigenvalue weighted by molar-refractivity contribution is 5.76. The molecule has 0 saturated carbocycles. The van der Waals surface area contributed by atoms with E-state index >= 15 is 0 Å². The van der Waals surface area contributed by atoms with Gasteiger partial charge in [-0.15, -0.1) is 0 Å². The van der Waals surface area contributed by atoms with Crippen LogP contribution in [0.4, 0.5) is 13.2 Å². The maximum atomic E-state index is 12.2. The van der Waals surface area contributed by atoms with Gasteiger partial charge in [0, 0.05) is 39.1 Å². The zero-order valence-corrected chi connectivity index (χ0v) is 11.2. The van der Waals surface area contributed by atoms with Crippen molar-refractivity contribution in [2.24, 2.45) is 5.92 Å². The number of halogens is 3. The maximum absolute atomic E-state index is 12.2. The first-order valence-electron chi connectivity index (χ1n) is 6.91. The molecular formula is C13H21F3N2O. The second kappa shape index (κ2) is 5.69. The predicted molar refractivity (Wildman–Crippen MR) is 65.6 cm³/mol. The van der Waals surface area contributed by atoms with E-state index in [9.17, 15) is 18.0 Å². The van der Waals surface area contributed by atoms with Crippen molar-refractivity contribution in [2.45, 2.75) is 44.3 Å². The zero-order valence-electron chi connectivity index (χ0n) is 11.2. The van der Waals surface area contributed by atoms with E-state index in [0.29, 0.717) is 25.4 Å². The van der Waals surface area contributed by atoms with Crippen molar-refractivity contribution in [3.05, 3.63) is 0 Å². The number of likely N-dealkylation sites (tertiary alicyclic amines) is 2. The van der Waals surface area contributed by atoms with Crippen LogP contribution in [0.2, 0.25) is 0 Å². The van der Waals surface area contributed by atoms with Gasteiger partial charge in [0.15, 0.2) is 0 Å². The van der Waals surface area contributed by atoms with Crippen LogP contribution in [0.15, 0.2) is 0 Å². The number of nitrogens with zero attached hydrogens (tertiary/aromatic N) is 2.